The number of carboxylic acid groups (broad SMARTS) is 1. The molecule has 1 amide bonds. The van der Waals surface area contributed by atoms with Gasteiger partial charge in [0.25, 0.3) is 5.91 Å². The smallest absolute Gasteiger partial charge is 0.335 e. The fraction of sp³-hybridized carbons (Fsp3) is 0.750. The molecule has 0 fully saturated rings. The first-order valence-electron chi connectivity index (χ1n) is 4.57. The molecular formula is C8H16N2O5. The van der Waals surface area contributed by atoms with Crippen LogP contribution in [-0.4, -0.2) is 52.5 Å². The molecule has 0 saturated heterocycles. The molecule has 7 heteroatoms. The fourth-order valence-corrected chi connectivity index (χ4v) is 0.864. The van der Waals surface area contributed by atoms with Crippen molar-refractivity contribution in [2.24, 2.45) is 5.73 Å². The van der Waals surface area contributed by atoms with E-state index in [0.29, 0.717) is 19.5 Å². The largest absolute Gasteiger partial charge is 0.479 e. The Labute approximate surface area is 86.9 Å². The monoisotopic (exact) mass is 220 g/mol. The summed E-state index contributed by atoms with van der Waals surface area (Å²) < 4.78 is 0. The summed E-state index contributed by atoms with van der Waals surface area (Å²) in [7, 11) is 0. The summed E-state index contributed by atoms with van der Waals surface area (Å²) in [6.45, 7) is 0.787. The second kappa shape index (κ2) is 7.16. The van der Waals surface area contributed by atoms with Crippen molar-refractivity contribution >= 4 is 11.9 Å². The molecule has 0 bridgehead atoms. The molecule has 7 nitrogen and oxygen atoms in total. The van der Waals surface area contributed by atoms with Gasteiger partial charge in [0.15, 0.2) is 12.2 Å². The standard InChI is InChI=1S/C8H16N2O5/c9-3-1-2-4-10-7(13)5(11)6(12)8(14)15/h5-6,11-12H,1-4,9H2,(H,10,13)(H,14,15). The Morgan fingerprint density at radius 2 is 1.80 bits per heavy atom. The minimum Gasteiger partial charge on any atom is -0.479 e. The van der Waals surface area contributed by atoms with Gasteiger partial charge in [-0.1, -0.05) is 0 Å². The van der Waals surface area contributed by atoms with Crippen molar-refractivity contribution in [3.05, 3.63) is 0 Å². The van der Waals surface area contributed by atoms with Crippen molar-refractivity contribution in [2.75, 3.05) is 13.1 Å². The zero-order chi connectivity index (χ0) is 11.8. The second-order valence-electron chi connectivity index (χ2n) is 3.01. The molecule has 0 spiro atoms. The number of hydrogen-bond donors (Lipinski definition) is 5. The molecule has 0 radical (unpaired) electrons. The number of amides is 1. The van der Waals surface area contributed by atoms with Crippen LogP contribution >= 0.6 is 0 Å². The lowest BCUT2D eigenvalue weighted by Crippen LogP contribution is -2.45. The molecule has 0 aromatic heterocycles. The lowest BCUT2D eigenvalue weighted by Gasteiger charge is -2.13. The first-order valence-corrected chi connectivity index (χ1v) is 4.57. The number of hydrogen-bond acceptors (Lipinski definition) is 5. The molecule has 0 aliphatic heterocycles. The van der Waals surface area contributed by atoms with Gasteiger partial charge in [-0.2, -0.15) is 0 Å². The Morgan fingerprint density at radius 3 is 2.27 bits per heavy atom. The van der Waals surface area contributed by atoms with Gasteiger partial charge in [0.1, 0.15) is 0 Å². The van der Waals surface area contributed by atoms with Crippen LogP contribution in [0.25, 0.3) is 0 Å². The van der Waals surface area contributed by atoms with Crippen LogP contribution in [0.15, 0.2) is 0 Å². The summed E-state index contributed by atoms with van der Waals surface area (Å²) in [4.78, 5) is 21.3. The number of aliphatic carboxylic acids is 1. The van der Waals surface area contributed by atoms with E-state index in [4.69, 9.17) is 21.1 Å². The fourth-order valence-electron chi connectivity index (χ4n) is 0.864. The van der Waals surface area contributed by atoms with Gasteiger partial charge in [-0.3, -0.25) is 4.79 Å². The predicted molar refractivity (Wildman–Crippen MR) is 50.9 cm³/mol. The van der Waals surface area contributed by atoms with E-state index in [2.05, 4.69) is 5.32 Å². The van der Waals surface area contributed by atoms with E-state index in [1.807, 2.05) is 0 Å². The topological polar surface area (TPSA) is 133 Å². The molecule has 0 heterocycles. The lowest BCUT2D eigenvalue weighted by molar-refractivity contribution is -0.158. The van der Waals surface area contributed by atoms with E-state index >= 15 is 0 Å². The first kappa shape index (κ1) is 13.8. The van der Waals surface area contributed by atoms with Gasteiger partial charge < -0.3 is 26.4 Å². The van der Waals surface area contributed by atoms with E-state index < -0.39 is 24.1 Å². The van der Waals surface area contributed by atoms with Crippen LogP contribution in [0.4, 0.5) is 0 Å². The van der Waals surface area contributed by atoms with E-state index in [0.717, 1.165) is 6.42 Å². The minimum absolute atomic E-state index is 0.291. The summed E-state index contributed by atoms with van der Waals surface area (Å²) in [6.07, 6.45) is -2.68. The molecule has 0 aliphatic rings. The van der Waals surface area contributed by atoms with Crippen molar-refractivity contribution in [1.29, 1.82) is 0 Å². The van der Waals surface area contributed by atoms with Crippen molar-refractivity contribution in [1.82, 2.24) is 5.32 Å². The third-order valence-corrected chi connectivity index (χ3v) is 1.75. The number of aliphatic hydroxyl groups is 2. The Bertz CT molecular complexity index is 221. The quantitative estimate of drug-likeness (QED) is 0.305. The van der Waals surface area contributed by atoms with Gasteiger partial charge in [-0.15, -0.1) is 0 Å². The number of carboxylic acids is 1. The van der Waals surface area contributed by atoms with Gasteiger partial charge in [0, 0.05) is 6.54 Å². The third-order valence-electron chi connectivity index (χ3n) is 1.75. The molecule has 0 aliphatic carbocycles. The van der Waals surface area contributed by atoms with Crippen LogP contribution in [0.3, 0.4) is 0 Å². The molecule has 2 unspecified atom stereocenters. The summed E-state index contributed by atoms with van der Waals surface area (Å²) in [5, 5.41) is 28.5. The normalized spacial score (nSPS) is 14.3. The van der Waals surface area contributed by atoms with Gasteiger partial charge in [-0.05, 0) is 19.4 Å². The number of carbonyl (C=O) groups excluding carboxylic acids is 1. The molecule has 88 valence electrons. The SMILES string of the molecule is NCCCCNC(=O)C(O)C(O)C(=O)O. The number of nitrogens with one attached hydrogen (secondary N) is 1. The van der Waals surface area contributed by atoms with Crippen molar-refractivity contribution < 1.29 is 24.9 Å². The Hall–Kier alpha value is -1.18. The van der Waals surface area contributed by atoms with Crippen LogP contribution < -0.4 is 11.1 Å². The van der Waals surface area contributed by atoms with E-state index in [9.17, 15) is 9.59 Å². The average molecular weight is 220 g/mol. The van der Waals surface area contributed by atoms with Gasteiger partial charge in [-0.25, -0.2) is 4.79 Å². The van der Waals surface area contributed by atoms with Crippen LogP contribution in [0.2, 0.25) is 0 Å². The van der Waals surface area contributed by atoms with Gasteiger partial charge >= 0.3 is 5.97 Å². The van der Waals surface area contributed by atoms with E-state index in [1.54, 1.807) is 0 Å². The van der Waals surface area contributed by atoms with Crippen molar-refractivity contribution in [3.8, 4) is 0 Å². The highest BCUT2D eigenvalue weighted by Crippen LogP contribution is 1.94. The average Bonchev–Trinajstić information content (AvgIpc) is 2.21. The van der Waals surface area contributed by atoms with Crippen molar-refractivity contribution in [2.45, 2.75) is 25.0 Å². The maximum Gasteiger partial charge on any atom is 0.335 e. The minimum atomic E-state index is -2.10. The van der Waals surface area contributed by atoms with Crippen LogP contribution in [0, 0.1) is 0 Å². The highest BCUT2D eigenvalue weighted by molar-refractivity contribution is 5.87. The Kier molecular flexibility index (Phi) is 6.59. The van der Waals surface area contributed by atoms with Crippen LogP contribution in [-0.2, 0) is 9.59 Å². The van der Waals surface area contributed by atoms with Crippen LogP contribution in [0.1, 0.15) is 12.8 Å². The number of nitrogens with two attached hydrogens (primary N) is 1. The summed E-state index contributed by atoms with van der Waals surface area (Å²) in [5.41, 5.74) is 5.21. The zero-order valence-corrected chi connectivity index (χ0v) is 8.22. The van der Waals surface area contributed by atoms with Gasteiger partial charge in [0.2, 0.25) is 0 Å². The second-order valence-corrected chi connectivity index (χ2v) is 3.01. The number of aliphatic hydroxyl groups excluding tert-OH is 2. The Balaban J connectivity index is 3.84. The summed E-state index contributed by atoms with van der Waals surface area (Å²) >= 11 is 0. The summed E-state index contributed by atoms with van der Waals surface area (Å²) in [6, 6.07) is 0. The lowest BCUT2D eigenvalue weighted by atomic mass is 10.2. The highest BCUT2D eigenvalue weighted by Gasteiger charge is 2.29. The Morgan fingerprint density at radius 1 is 1.20 bits per heavy atom. The number of carbonyl (C=O) groups is 2. The van der Waals surface area contributed by atoms with E-state index in [1.165, 1.54) is 0 Å². The van der Waals surface area contributed by atoms with E-state index in [-0.39, 0.29) is 0 Å². The molecule has 2 atom stereocenters. The summed E-state index contributed by atoms with van der Waals surface area (Å²) in [5.74, 6) is -2.54. The molecule has 0 saturated carbocycles. The molecule has 15 heavy (non-hydrogen) atoms. The molecule has 0 rings (SSSR count). The highest BCUT2D eigenvalue weighted by atomic mass is 16.4. The maximum atomic E-state index is 11.0. The maximum absolute atomic E-state index is 11.0. The van der Waals surface area contributed by atoms with Crippen molar-refractivity contribution in [3.63, 3.8) is 0 Å². The zero-order valence-electron chi connectivity index (χ0n) is 8.22. The first-order chi connectivity index (χ1) is 7.00. The third kappa shape index (κ3) is 5.31. The molecule has 0 aromatic rings. The predicted octanol–water partition coefficient (Wildman–Crippen LogP) is -2.35. The van der Waals surface area contributed by atoms with Gasteiger partial charge in [0.05, 0.1) is 0 Å². The molecular weight excluding hydrogens is 204 g/mol. The number of rotatable bonds is 7. The molecule has 0 aromatic carbocycles. The molecule has 6 N–H and O–H groups in total. The van der Waals surface area contributed by atoms with Crippen LogP contribution in [0.5, 0.6) is 0 Å². The number of unbranched alkanes of at least 4 members (excludes halogenated alkanes) is 1.